The molecule has 1 aliphatic heterocycles. The van der Waals surface area contributed by atoms with Gasteiger partial charge in [-0.25, -0.2) is 0 Å². The molecule has 0 radical (unpaired) electrons. The zero-order chi connectivity index (χ0) is 21.6. The van der Waals surface area contributed by atoms with E-state index >= 15 is 0 Å². The molecule has 164 valence electrons. The highest BCUT2D eigenvalue weighted by atomic mass is 19.4. The number of rotatable bonds is 5. The Hall–Kier alpha value is -2.51. The van der Waals surface area contributed by atoms with Gasteiger partial charge < -0.3 is 15.0 Å². The minimum atomic E-state index is -4.79. The van der Waals surface area contributed by atoms with Crippen LogP contribution in [-0.2, 0) is 9.59 Å². The number of carbonyl (C=O) groups is 2. The van der Waals surface area contributed by atoms with Crippen molar-refractivity contribution in [2.75, 3.05) is 13.1 Å². The molecule has 1 aromatic carbocycles. The van der Waals surface area contributed by atoms with Crippen LogP contribution < -0.4 is 10.1 Å². The van der Waals surface area contributed by atoms with Gasteiger partial charge in [0.05, 0.1) is 0 Å². The molecule has 0 bridgehead atoms. The van der Waals surface area contributed by atoms with E-state index in [1.165, 1.54) is 36.8 Å². The molecular formula is C22H27F3N2O3. The van der Waals surface area contributed by atoms with Crippen LogP contribution in [-0.4, -0.2) is 42.2 Å². The molecule has 0 unspecified atom stereocenters. The first-order valence-corrected chi connectivity index (χ1v) is 10.4. The molecule has 1 heterocycles. The molecule has 2 amide bonds. The highest BCUT2D eigenvalue weighted by Gasteiger charge is 2.32. The summed E-state index contributed by atoms with van der Waals surface area (Å²) in [6, 6.07) is 5.74. The number of nitrogens with one attached hydrogen (secondary N) is 1. The third-order valence-corrected chi connectivity index (χ3v) is 5.68. The summed E-state index contributed by atoms with van der Waals surface area (Å²) in [4.78, 5) is 26.5. The zero-order valence-corrected chi connectivity index (χ0v) is 16.8. The monoisotopic (exact) mass is 424 g/mol. The highest BCUT2D eigenvalue weighted by molar-refractivity contribution is 5.92. The first-order chi connectivity index (χ1) is 14.3. The second-order valence-corrected chi connectivity index (χ2v) is 7.86. The van der Waals surface area contributed by atoms with E-state index < -0.39 is 6.36 Å². The lowest BCUT2D eigenvalue weighted by molar-refractivity contribution is -0.274. The molecule has 2 aliphatic rings. The summed E-state index contributed by atoms with van der Waals surface area (Å²) in [5.74, 6) is -0.381. The lowest BCUT2D eigenvalue weighted by Gasteiger charge is -2.33. The van der Waals surface area contributed by atoms with Gasteiger partial charge in [0.2, 0.25) is 11.8 Å². The Morgan fingerprint density at radius 2 is 1.70 bits per heavy atom. The fourth-order valence-electron chi connectivity index (χ4n) is 4.03. The lowest BCUT2D eigenvalue weighted by atomic mass is 9.88. The van der Waals surface area contributed by atoms with Crippen LogP contribution >= 0.6 is 0 Å². The maximum absolute atomic E-state index is 12.5. The van der Waals surface area contributed by atoms with E-state index in [-0.39, 0.29) is 35.1 Å². The molecule has 2 fully saturated rings. The average molecular weight is 424 g/mol. The van der Waals surface area contributed by atoms with E-state index in [9.17, 15) is 22.8 Å². The standard InChI is InChI=1S/C22H27F3N2O3/c23-22(24,25)30-19-9-5-4-6-16(19)10-11-20(28)27-14-12-18(13-15-27)26-21(29)17-7-2-1-3-8-17/h4-6,9-11,17-18H,1-3,7-8,12-15H2,(H,26,29)/b11-10+. The van der Waals surface area contributed by atoms with Crippen molar-refractivity contribution in [3.8, 4) is 5.75 Å². The fraction of sp³-hybridized carbons (Fsp3) is 0.545. The van der Waals surface area contributed by atoms with Crippen LogP contribution in [0.4, 0.5) is 13.2 Å². The number of piperidine rings is 1. The summed E-state index contributed by atoms with van der Waals surface area (Å²) in [5, 5.41) is 3.12. The fourth-order valence-corrected chi connectivity index (χ4v) is 4.03. The van der Waals surface area contributed by atoms with Gasteiger partial charge in [-0.05, 0) is 37.8 Å². The van der Waals surface area contributed by atoms with Crippen LogP contribution in [0.3, 0.4) is 0 Å². The van der Waals surface area contributed by atoms with Crippen molar-refractivity contribution in [1.29, 1.82) is 0 Å². The number of nitrogens with zero attached hydrogens (tertiary/aromatic N) is 1. The van der Waals surface area contributed by atoms with Crippen molar-refractivity contribution < 1.29 is 27.5 Å². The van der Waals surface area contributed by atoms with Crippen molar-refractivity contribution in [2.24, 2.45) is 5.92 Å². The predicted molar refractivity (Wildman–Crippen MR) is 106 cm³/mol. The Balaban J connectivity index is 1.49. The van der Waals surface area contributed by atoms with Crippen molar-refractivity contribution in [2.45, 2.75) is 57.3 Å². The van der Waals surface area contributed by atoms with E-state index in [4.69, 9.17) is 0 Å². The molecule has 30 heavy (non-hydrogen) atoms. The van der Waals surface area contributed by atoms with Gasteiger partial charge in [0.1, 0.15) is 5.75 Å². The second kappa shape index (κ2) is 10.00. The number of hydrogen-bond donors (Lipinski definition) is 1. The number of alkyl halides is 3. The molecule has 1 N–H and O–H groups in total. The van der Waals surface area contributed by atoms with Crippen LogP contribution in [0.15, 0.2) is 30.3 Å². The third kappa shape index (κ3) is 6.50. The van der Waals surface area contributed by atoms with E-state index in [0.717, 1.165) is 25.7 Å². The topological polar surface area (TPSA) is 58.6 Å². The number of ether oxygens (including phenoxy) is 1. The summed E-state index contributed by atoms with van der Waals surface area (Å²) < 4.78 is 41.5. The van der Waals surface area contributed by atoms with Gasteiger partial charge in [0.25, 0.3) is 0 Å². The van der Waals surface area contributed by atoms with E-state index in [1.54, 1.807) is 11.0 Å². The van der Waals surface area contributed by atoms with Crippen LogP contribution in [0.5, 0.6) is 5.75 Å². The van der Waals surface area contributed by atoms with Gasteiger partial charge in [-0.3, -0.25) is 9.59 Å². The van der Waals surface area contributed by atoms with Gasteiger partial charge in [-0.1, -0.05) is 37.5 Å². The molecule has 1 aromatic rings. The molecule has 5 nitrogen and oxygen atoms in total. The molecule has 3 rings (SSSR count). The summed E-state index contributed by atoms with van der Waals surface area (Å²) >= 11 is 0. The normalized spacial score (nSPS) is 19.1. The second-order valence-electron chi connectivity index (χ2n) is 7.86. The number of hydrogen-bond acceptors (Lipinski definition) is 3. The van der Waals surface area contributed by atoms with Gasteiger partial charge in [-0.15, -0.1) is 13.2 Å². The Bertz CT molecular complexity index is 765. The number of benzene rings is 1. The van der Waals surface area contributed by atoms with Crippen molar-refractivity contribution in [3.05, 3.63) is 35.9 Å². The first-order valence-electron chi connectivity index (χ1n) is 10.4. The molecule has 1 aliphatic carbocycles. The van der Waals surface area contributed by atoms with Crippen molar-refractivity contribution >= 4 is 17.9 Å². The molecule has 0 atom stereocenters. The van der Waals surface area contributed by atoms with Gasteiger partial charge >= 0.3 is 6.36 Å². The SMILES string of the molecule is O=C(NC1CCN(C(=O)/C=C/c2ccccc2OC(F)(F)F)CC1)C1CCCCC1. The number of halogens is 3. The summed E-state index contributed by atoms with van der Waals surface area (Å²) in [6.07, 6.45) is 4.46. The largest absolute Gasteiger partial charge is 0.573 e. The maximum atomic E-state index is 12.5. The average Bonchev–Trinajstić information content (AvgIpc) is 2.73. The maximum Gasteiger partial charge on any atom is 0.573 e. The quantitative estimate of drug-likeness (QED) is 0.718. The van der Waals surface area contributed by atoms with Crippen LogP contribution in [0, 0.1) is 5.92 Å². The van der Waals surface area contributed by atoms with E-state index in [0.29, 0.717) is 25.9 Å². The van der Waals surface area contributed by atoms with E-state index in [2.05, 4.69) is 10.1 Å². The summed E-state index contributed by atoms with van der Waals surface area (Å²) in [7, 11) is 0. The smallest absolute Gasteiger partial charge is 0.405 e. The molecule has 8 heteroatoms. The number of para-hydroxylation sites is 1. The lowest BCUT2D eigenvalue weighted by Crippen LogP contribution is -2.47. The zero-order valence-electron chi connectivity index (χ0n) is 16.8. The summed E-state index contributed by atoms with van der Waals surface area (Å²) in [5.41, 5.74) is 0.179. The van der Waals surface area contributed by atoms with Gasteiger partial charge in [0.15, 0.2) is 0 Å². The minimum Gasteiger partial charge on any atom is -0.405 e. The molecule has 1 saturated carbocycles. The minimum absolute atomic E-state index is 0.0633. The predicted octanol–water partition coefficient (Wildman–Crippen LogP) is 4.29. The highest BCUT2D eigenvalue weighted by Crippen LogP contribution is 2.27. The van der Waals surface area contributed by atoms with Crippen molar-refractivity contribution in [3.63, 3.8) is 0 Å². The molecule has 1 saturated heterocycles. The number of likely N-dealkylation sites (tertiary alicyclic amines) is 1. The van der Waals surface area contributed by atoms with Gasteiger partial charge in [-0.2, -0.15) is 0 Å². The Morgan fingerprint density at radius 1 is 1.03 bits per heavy atom. The third-order valence-electron chi connectivity index (χ3n) is 5.68. The van der Waals surface area contributed by atoms with Gasteiger partial charge in [0, 0.05) is 36.7 Å². The first kappa shape index (κ1) is 22.2. The van der Waals surface area contributed by atoms with Crippen molar-refractivity contribution in [1.82, 2.24) is 10.2 Å². The Morgan fingerprint density at radius 3 is 2.37 bits per heavy atom. The number of amides is 2. The number of carbonyl (C=O) groups excluding carboxylic acids is 2. The van der Waals surface area contributed by atoms with E-state index in [1.807, 2.05) is 0 Å². The Kier molecular flexibility index (Phi) is 7.39. The van der Waals surface area contributed by atoms with Crippen LogP contribution in [0.25, 0.3) is 6.08 Å². The van der Waals surface area contributed by atoms with Crippen LogP contribution in [0.1, 0.15) is 50.5 Å². The molecular weight excluding hydrogens is 397 g/mol. The van der Waals surface area contributed by atoms with Crippen LogP contribution in [0.2, 0.25) is 0 Å². The summed E-state index contributed by atoms with van der Waals surface area (Å²) in [6.45, 7) is 0.999. The molecule has 0 aromatic heterocycles. The molecule has 0 spiro atoms. The Labute approximate surface area is 174 Å².